The minimum Gasteiger partial charge on any atom is -0.395 e. The monoisotopic (exact) mass is 294 g/mol. The number of hydrogen-bond acceptors (Lipinski definition) is 2. The lowest BCUT2D eigenvalue weighted by Crippen LogP contribution is -2.26. The fourth-order valence-corrected chi connectivity index (χ4v) is 2.60. The Morgan fingerprint density at radius 1 is 1.05 bits per heavy atom. The SMILES string of the molecule is O=C(NCCO)c1cccc2c1ccn2Cc1ccccc1. The number of aliphatic hydroxyl groups excluding tert-OH is 1. The smallest absolute Gasteiger partial charge is 0.252 e. The fraction of sp³-hybridized carbons (Fsp3) is 0.167. The Balaban J connectivity index is 1.93. The van der Waals surface area contributed by atoms with Crippen molar-refractivity contribution in [1.29, 1.82) is 0 Å². The highest BCUT2D eigenvalue weighted by Crippen LogP contribution is 2.21. The number of nitrogens with one attached hydrogen (secondary N) is 1. The fourth-order valence-electron chi connectivity index (χ4n) is 2.60. The van der Waals surface area contributed by atoms with Gasteiger partial charge in [-0.15, -0.1) is 0 Å². The van der Waals surface area contributed by atoms with E-state index in [-0.39, 0.29) is 19.1 Å². The number of aliphatic hydroxyl groups is 1. The Hall–Kier alpha value is -2.59. The summed E-state index contributed by atoms with van der Waals surface area (Å²) in [5.41, 5.74) is 2.88. The molecule has 22 heavy (non-hydrogen) atoms. The maximum absolute atomic E-state index is 12.2. The molecule has 0 aliphatic rings. The van der Waals surface area contributed by atoms with E-state index in [1.807, 2.05) is 48.7 Å². The van der Waals surface area contributed by atoms with Gasteiger partial charge in [0.25, 0.3) is 5.91 Å². The highest BCUT2D eigenvalue weighted by Gasteiger charge is 2.11. The lowest BCUT2D eigenvalue weighted by atomic mass is 10.1. The summed E-state index contributed by atoms with van der Waals surface area (Å²) in [5, 5.41) is 12.5. The van der Waals surface area contributed by atoms with Gasteiger partial charge in [-0.1, -0.05) is 36.4 Å². The van der Waals surface area contributed by atoms with Gasteiger partial charge in [0.1, 0.15) is 0 Å². The molecular weight excluding hydrogens is 276 g/mol. The van der Waals surface area contributed by atoms with Gasteiger partial charge in [0.2, 0.25) is 0 Å². The highest BCUT2D eigenvalue weighted by atomic mass is 16.3. The van der Waals surface area contributed by atoms with Gasteiger partial charge in [-0.05, 0) is 23.8 Å². The van der Waals surface area contributed by atoms with Crippen molar-refractivity contribution in [3.8, 4) is 0 Å². The summed E-state index contributed by atoms with van der Waals surface area (Å²) in [6.45, 7) is 0.975. The first-order chi connectivity index (χ1) is 10.8. The van der Waals surface area contributed by atoms with Crippen LogP contribution in [0.25, 0.3) is 10.9 Å². The molecule has 0 fully saturated rings. The molecule has 0 spiro atoms. The molecule has 2 aromatic carbocycles. The third-order valence-corrected chi connectivity index (χ3v) is 3.65. The van der Waals surface area contributed by atoms with Crippen molar-refractivity contribution in [2.24, 2.45) is 0 Å². The molecule has 0 atom stereocenters. The van der Waals surface area contributed by atoms with Gasteiger partial charge in [0, 0.05) is 35.8 Å². The number of carbonyl (C=O) groups is 1. The van der Waals surface area contributed by atoms with Crippen LogP contribution < -0.4 is 5.32 Å². The number of fused-ring (bicyclic) bond motifs is 1. The summed E-state index contributed by atoms with van der Waals surface area (Å²) in [6.07, 6.45) is 2.00. The second-order valence-corrected chi connectivity index (χ2v) is 5.15. The number of carbonyl (C=O) groups excluding carboxylic acids is 1. The molecule has 1 aromatic heterocycles. The second kappa shape index (κ2) is 6.45. The maximum atomic E-state index is 12.2. The first kappa shape index (κ1) is 14.4. The summed E-state index contributed by atoms with van der Waals surface area (Å²) in [4.78, 5) is 12.2. The molecule has 1 amide bonds. The molecule has 0 aliphatic carbocycles. The van der Waals surface area contributed by atoms with Crippen LogP contribution in [0.4, 0.5) is 0 Å². The van der Waals surface area contributed by atoms with Crippen LogP contribution in [0.1, 0.15) is 15.9 Å². The van der Waals surface area contributed by atoms with Gasteiger partial charge in [-0.3, -0.25) is 4.79 Å². The van der Waals surface area contributed by atoms with E-state index in [9.17, 15) is 4.79 Å². The van der Waals surface area contributed by atoms with Crippen LogP contribution in [0.2, 0.25) is 0 Å². The van der Waals surface area contributed by atoms with E-state index in [4.69, 9.17) is 5.11 Å². The van der Waals surface area contributed by atoms with Gasteiger partial charge in [0.05, 0.1) is 6.61 Å². The third kappa shape index (κ3) is 2.87. The zero-order valence-corrected chi connectivity index (χ0v) is 12.2. The van der Waals surface area contributed by atoms with Gasteiger partial charge in [-0.2, -0.15) is 0 Å². The van der Waals surface area contributed by atoms with Crippen LogP contribution in [0.3, 0.4) is 0 Å². The quantitative estimate of drug-likeness (QED) is 0.759. The highest BCUT2D eigenvalue weighted by molar-refractivity contribution is 6.06. The van der Waals surface area contributed by atoms with E-state index < -0.39 is 0 Å². The van der Waals surface area contributed by atoms with E-state index in [1.54, 1.807) is 0 Å². The number of amides is 1. The Bertz CT molecular complexity index is 778. The summed E-state index contributed by atoms with van der Waals surface area (Å²) in [6, 6.07) is 17.9. The molecule has 0 aliphatic heterocycles. The molecule has 0 saturated carbocycles. The Morgan fingerprint density at radius 2 is 1.86 bits per heavy atom. The van der Waals surface area contributed by atoms with Crippen molar-refractivity contribution in [2.45, 2.75) is 6.54 Å². The number of rotatable bonds is 5. The topological polar surface area (TPSA) is 54.3 Å². The maximum Gasteiger partial charge on any atom is 0.252 e. The van der Waals surface area contributed by atoms with E-state index in [2.05, 4.69) is 22.0 Å². The van der Waals surface area contributed by atoms with Gasteiger partial charge >= 0.3 is 0 Å². The van der Waals surface area contributed by atoms with E-state index >= 15 is 0 Å². The average Bonchev–Trinajstić information content (AvgIpc) is 2.96. The van der Waals surface area contributed by atoms with Crippen LogP contribution in [0.15, 0.2) is 60.8 Å². The molecule has 3 aromatic rings. The molecule has 4 heteroatoms. The summed E-state index contributed by atoms with van der Waals surface area (Å²) >= 11 is 0. The van der Waals surface area contributed by atoms with Crippen molar-refractivity contribution in [3.63, 3.8) is 0 Å². The summed E-state index contributed by atoms with van der Waals surface area (Å²) in [5.74, 6) is -0.155. The molecule has 0 unspecified atom stereocenters. The van der Waals surface area contributed by atoms with Gasteiger partial charge in [-0.25, -0.2) is 0 Å². The normalized spacial score (nSPS) is 10.8. The molecule has 112 valence electrons. The molecule has 0 saturated heterocycles. The first-order valence-electron chi connectivity index (χ1n) is 7.30. The number of nitrogens with zero attached hydrogens (tertiary/aromatic N) is 1. The Morgan fingerprint density at radius 3 is 2.64 bits per heavy atom. The van der Waals surface area contributed by atoms with E-state index in [1.165, 1.54) is 5.56 Å². The van der Waals surface area contributed by atoms with E-state index in [0.29, 0.717) is 5.56 Å². The Kier molecular flexibility index (Phi) is 4.21. The largest absolute Gasteiger partial charge is 0.395 e. The van der Waals surface area contributed by atoms with Crippen LogP contribution in [0, 0.1) is 0 Å². The van der Waals surface area contributed by atoms with Crippen molar-refractivity contribution in [3.05, 3.63) is 71.9 Å². The molecule has 0 radical (unpaired) electrons. The van der Waals surface area contributed by atoms with Crippen molar-refractivity contribution >= 4 is 16.8 Å². The zero-order chi connectivity index (χ0) is 15.4. The zero-order valence-electron chi connectivity index (χ0n) is 12.2. The van der Waals surface area contributed by atoms with Crippen molar-refractivity contribution in [2.75, 3.05) is 13.2 Å². The van der Waals surface area contributed by atoms with Crippen molar-refractivity contribution < 1.29 is 9.90 Å². The minimum absolute atomic E-state index is 0.0588. The van der Waals surface area contributed by atoms with Crippen LogP contribution in [0.5, 0.6) is 0 Å². The number of hydrogen-bond donors (Lipinski definition) is 2. The van der Waals surface area contributed by atoms with Crippen LogP contribution in [-0.2, 0) is 6.54 Å². The minimum atomic E-state index is -0.155. The molecular formula is C18H18N2O2. The lowest BCUT2D eigenvalue weighted by molar-refractivity contribution is 0.0946. The average molecular weight is 294 g/mol. The summed E-state index contributed by atoms with van der Waals surface area (Å²) < 4.78 is 2.13. The predicted octanol–water partition coefficient (Wildman–Crippen LogP) is 2.41. The molecule has 0 bridgehead atoms. The standard InChI is InChI=1S/C18H18N2O2/c21-12-10-19-18(22)16-7-4-8-17-15(16)9-11-20(17)13-14-5-2-1-3-6-14/h1-9,11,21H,10,12-13H2,(H,19,22). The summed E-state index contributed by atoms with van der Waals surface area (Å²) in [7, 11) is 0. The van der Waals surface area contributed by atoms with Crippen molar-refractivity contribution in [1.82, 2.24) is 9.88 Å². The lowest BCUT2D eigenvalue weighted by Gasteiger charge is -2.08. The van der Waals surface area contributed by atoms with E-state index in [0.717, 1.165) is 17.4 Å². The molecule has 2 N–H and O–H groups in total. The third-order valence-electron chi connectivity index (χ3n) is 3.65. The predicted molar refractivity (Wildman–Crippen MR) is 86.9 cm³/mol. The first-order valence-corrected chi connectivity index (χ1v) is 7.30. The second-order valence-electron chi connectivity index (χ2n) is 5.15. The van der Waals surface area contributed by atoms with Gasteiger partial charge in [0.15, 0.2) is 0 Å². The Labute approximate surface area is 129 Å². The molecule has 4 nitrogen and oxygen atoms in total. The van der Waals surface area contributed by atoms with Gasteiger partial charge < -0.3 is 15.0 Å². The van der Waals surface area contributed by atoms with Crippen LogP contribution in [-0.4, -0.2) is 28.7 Å². The molecule has 3 rings (SSSR count). The number of aromatic nitrogens is 1. The number of benzene rings is 2. The molecule has 1 heterocycles. The van der Waals surface area contributed by atoms with Crippen LogP contribution >= 0.6 is 0 Å².